The molecular formula is C30H32N2O2S. The van der Waals surface area contributed by atoms with Crippen molar-refractivity contribution in [1.82, 2.24) is 5.32 Å². The van der Waals surface area contributed by atoms with E-state index in [1.54, 1.807) is 16.6 Å². The average Bonchev–Trinajstić information content (AvgIpc) is 3.17. The van der Waals surface area contributed by atoms with Crippen molar-refractivity contribution in [3.05, 3.63) is 46.6 Å². The van der Waals surface area contributed by atoms with Crippen LogP contribution in [-0.4, -0.2) is 24.7 Å². The first kappa shape index (κ1) is 21.7. The van der Waals surface area contributed by atoms with E-state index in [0.717, 1.165) is 30.3 Å². The summed E-state index contributed by atoms with van der Waals surface area (Å²) in [6.45, 7) is 2.93. The molecule has 3 saturated carbocycles. The van der Waals surface area contributed by atoms with Crippen LogP contribution in [0, 0.1) is 34.5 Å². The highest BCUT2D eigenvalue weighted by Crippen LogP contribution is 2.83. The summed E-state index contributed by atoms with van der Waals surface area (Å²) in [5.41, 5.74) is 9.74. The maximum absolute atomic E-state index is 5.81. The van der Waals surface area contributed by atoms with Gasteiger partial charge in [-0.2, -0.15) is 0 Å². The Kier molecular flexibility index (Phi) is 4.93. The van der Waals surface area contributed by atoms with E-state index < -0.39 is 0 Å². The molecule has 1 unspecified atom stereocenters. The molecule has 1 spiro atoms. The molecule has 0 amide bonds. The number of nitrogens with one attached hydrogen (secondary N) is 1. The van der Waals surface area contributed by atoms with Crippen molar-refractivity contribution in [1.29, 1.82) is 0 Å². The van der Waals surface area contributed by atoms with Gasteiger partial charge in [0.2, 0.25) is 6.79 Å². The Morgan fingerprint density at radius 3 is 3.00 bits per heavy atom. The summed E-state index contributed by atoms with van der Waals surface area (Å²) in [6.07, 6.45) is 12.1. The summed E-state index contributed by atoms with van der Waals surface area (Å²) in [5, 5.41) is 3.04. The molecule has 5 heteroatoms. The Morgan fingerprint density at radius 1 is 1.20 bits per heavy atom. The van der Waals surface area contributed by atoms with Crippen LogP contribution in [0.4, 0.5) is 0 Å². The molecule has 0 saturated heterocycles. The van der Waals surface area contributed by atoms with E-state index in [2.05, 4.69) is 41.4 Å². The summed E-state index contributed by atoms with van der Waals surface area (Å²) in [4.78, 5) is 4.75. The fourth-order valence-corrected chi connectivity index (χ4v) is 8.66. The second-order valence-electron chi connectivity index (χ2n) is 11.2. The molecule has 5 aliphatic carbocycles. The zero-order valence-corrected chi connectivity index (χ0v) is 21.2. The first-order chi connectivity index (χ1) is 17.2. The van der Waals surface area contributed by atoms with Crippen molar-refractivity contribution in [3.63, 3.8) is 0 Å². The average molecular weight is 485 g/mol. The minimum Gasteiger partial charge on any atom is -0.454 e. The number of benzene rings is 1. The molecule has 7 rings (SSSR count). The highest BCUT2D eigenvalue weighted by Gasteiger charge is 2.76. The molecule has 0 aromatic heterocycles. The van der Waals surface area contributed by atoms with Crippen LogP contribution in [0.15, 0.2) is 46.0 Å². The monoisotopic (exact) mass is 484 g/mol. The lowest BCUT2D eigenvalue weighted by Gasteiger charge is -2.48. The van der Waals surface area contributed by atoms with Crippen LogP contribution in [0.2, 0.25) is 0 Å². The molecule has 1 aliphatic heterocycles. The molecule has 1 N–H and O–H groups in total. The van der Waals surface area contributed by atoms with Gasteiger partial charge < -0.3 is 14.8 Å². The van der Waals surface area contributed by atoms with Crippen LogP contribution in [-0.2, 0) is 0 Å². The van der Waals surface area contributed by atoms with E-state index in [0.29, 0.717) is 30.7 Å². The highest BCUT2D eigenvalue weighted by molar-refractivity contribution is 7.78. The van der Waals surface area contributed by atoms with Crippen molar-refractivity contribution < 1.29 is 9.47 Å². The number of hydrogen-bond donors (Lipinski definition) is 1. The second kappa shape index (κ2) is 7.96. The zero-order valence-electron chi connectivity index (χ0n) is 20.4. The maximum atomic E-state index is 5.81. The highest BCUT2D eigenvalue weighted by atomic mass is 32.1. The van der Waals surface area contributed by atoms with E-state index >= 15 is 0 Å². The molecule has 1 aromatic rings. The molecule has 180 valence electrons. The fourth-order valence-electron chi connectivity index (χ4n) is 8.59. The van der Waals surface area contributed by atoms with Gasteiger partial charge >= 0.3 is 0 Å². The van der Waals surface area contributed by atoms with E-state index in [4.69, 9.17) is 26.7 Å². The smallest absolute Gasteiger partial charge is 0.231 e. The third kappa shape index (κ3) is 3.12. The summed E-state index contributed by atoms with van der Waals surface area (Å²) in [6, 6.07) is 6.69. The standard InChI is InChI=1S/C30H32N2O2S/c1-2-10-29-11-9-25-23-6-3-19-12-21(32-16-31-17-35)5-7-22(19)28(23)24(14-30(25,29)15-29)20-4-8-26-27(13-20)34-18-33-26/h4,8,12-13,17,23-25H,3,5-7,9,11,14-16,18H2,1H3,(H,31,35)/t23-,24+,25?,29+,30+/m0/s1. The third-order valence-electron chi connectivity index (χ3n) is 9.92. The minimum absolute atomic E-state index is 0.272. The number of nitrogens with zero attached hydrogens (tertiary/aromatic N) is 1. The van der Waals surface area contributed by atoms with Crippen molar-refractivity contribution in [3.8, 4) is 23.3 Å². The van der Waals surface area contributed by atoms with E-state index in [1.807, 2.05) is 6.92 Å². The van der Waals surface area contributed by atoms with Gasteiger partial charge in [0.05, 0.1) is 5.49 Å². The Labute approximate surface area is 213 Å². The molecule has 5 atom stereocenters. The molecule has 0 bridgehead atoms. The van der Waals surface area contributed by atoms with Crippen LogP contribution in [0.3, 0.4) is 0 Å². The fraction of sp³-hybridized carbons (Fsp3) is 0.533. The molecule has 3 fully saturated rings. The van der Waals surface area contributed by atoms with Gasteiger partial charge in [0.1, 0.15) is 6.67 Å². The normalized spacial score (nSPS) is 36.8. The number of thiocarbonyl (C=S) groups is 1. The van der Waals surface area contributed by atoms with E-state index in [9.17, 15) is 0 Å². The van der Waals surface area contributed by atoms with Gasteiger partial charge in [-0.1, -0.05) is 29.8 Å². The van der Waals surface area contributed by atoms with Gasteiger partial charge in [-0.25, -0.2) is 0 Å². The summed E-state index contributed by atoms with van der Waals surface area (Å²) < 4.78 is 11.5. The Morgan fingerprint density at radius 2 is 2.11 bits per heavy atom. The first-order valence-electron chi connectivity index (χ1n) is 13.2. The van der Waals surface area contributed by atoms with E-state index in [-0.39, 0.29) is 5.41 Å². The van der Waals surface area contributed by atoms with Gasteiger partial charge in [-0.3, -0.25) is 4.99 Å². The Balaban J connectivity index is 1.33. The largest absolute Gasteiger partial charge is 0.454 e. The molecular weight excluding hydrogens is 452 g/mol. The molecule has 1 aromatic carbocycles. The Hall–Kier alpha value is -2.58. The Bertz CT molecular complexity index is 1270. The summed E-state index contributed by atoms with van der Waals surface area (Å²) in [5.74, 6) is 10.7. The number of aliphatic imine (C=N–C) groups is 1. The van der Waals surface area contributed by atoms with Gasteiger partial charge in [0.25, 0.3) is 0 Å². The molecule has 0 radical (unpaired) electrons. The van der Waals surface area contributed by atoms with Crippen molar-refractivity contribution in [2.24, 2.45) is 27.7 Å². The predicted octanol–water partition coefficient (Wildman–Crippen LogP) is 6.08. The lowest BCUT2D eigenvalue weighted by molar-refractivity contribution is 0.159. The molecule has 4 nitrogen and oxygen atoms in total. The lowest BCUT2D eigenvalue weighted by Crippen LogP contribution is -2.38. The summed E-state index contributed by atoms with van der Waals surface area (Å²) in [7, 11) is 0. The van der Waals surface area contributed by atoms with E-state index in [1.165, 1.54) is 55.4 Å². The van der Waals surface area contributed by atoms with Crippen LogP contribution in [0.5, 0.6) is 11.5 Å². The summed E-state index contributed by atoms with van der Waals surface area (Å²) >= 11 is 4.88. The number of allylic oxidation sites excluding steroid dienone is 4. The van der Waals surface area contributed by atoms with Crippen molar-refractivity contribution in [2.45, 2.75) is 64.2 Å². The zero-order chi connectivity index (χ0) is 23.6. The van der Waals surface area contributed by atoms with Crippen LogP contribution < -0.4 is 14.8 Å². The van der Waals surface area contributed by atoms with Gasteiger partial charge in [0, 0.05) is 17.0 Å². The molecule has 1 heterocycles. The quantitative estimate of drug-likeness (QED) is 0.319. The first-order valence-corrected chi connectivity index (χ1v) is 13.6. The van der Waals surface area contributed by atoms with Gasteiger partial charge in [-0.05, 0) is 110 Å². The maximum Gasteiger partial charge on any atom is 0.231 e. The second-order valence-corrected chi connectivity index (χ2v) is 11.4. The minimum atomic E-state index is 0.272. The number of rotatable bonds is 4. The number of hydrogen-bond acceptors (Lipinski definition) is 4. The number of fused-ring (bicyclic) bond motifs is 4. The van der Waals surface area contributed by atoms with Crippen LogP contribution in [0.1, 0.15) is 69.8 Å². The van der Waals surface area contributed by atoms with Crippen LogP contribution in [0.25, 0.3) is 0 Å². The van der Waals surface area contributed by atoms with Crippen LogP contribution >= 0.6 is 12.2 Å². The van der Waals surface area contributed by atoms with Gasteiger partial charge in [0.15, 0.2) is 11.5 Å². The predicted molar refractivity (Wildman–Crippen MR) is 142 cm³/mol. The van der Waals surface area contributed by atoms with Gasteiger partial charge in [-0.15, -0.1) is 5.92 Å². The number of ether oxygens (including phenoxy) is 2. The SMILES string of the molecule is CC#C[C@]12CCC3[C@@H]4CCC5=CC(=NCNC=S)CCC5=C4[C@@H](c4ccc5c(c4)OCO5)C[C@@]31C2. The molecule has 6 aliphatic rings. The van der Waals surface area contributed by atoms with Crippen molar-refractivity contribution in [2.75, 3.05) is 13.5 Å². The topological polar surface area (TPSA) is 42.9 Å². The lowest BCUT2D eigenvalue weighted by atomic mass is 9.56. The third-order valence-corrected chi connectivity index (χ3v) is 10.1. The van der Waals surface area contributed by atoms with Crippen molar-refractivity contribution >= 4 is 23.4 Å². The molecule has 35 heavy (non-hydrogen) atoms.